The zero-order valence-electron chi connectivity index (χ0n) is 22.9. The molecule has 5 heteroatoms. The molecule has 0 radical (unpaired) electrons. The van der Waals surface area contributed by atoms with Crippen LogP contribution in [0.1, 0.15) is 22.3 Å². The van der Waals surface area contributed by atoms with Gasteiger partial charge in [-0.25, -0.2) is 0 Å². The Labute approximate surface area is 238 Å². The van der Waals surface area contributed by atoms with Gasteiger partial charge in [0, 0.05) is 13.1 Å². The lowest BCUT2D eigenvalue weighted by Crippen LogP contribution is -2.64. The maximum Gasteiger partial charge on any atom is 0.113 e. The van der Waals surface area contributed by atoms with E-state index in [1.807, 2.05) is 60.7 Å². The van der Waals surface area contributed by atoms with E-state index in [2.05, 4.69) is 65.6 Å². The fraction of sp³-hybridized carbons (Fsp3) is 0.314. The summed E-state index contributed by atoms with van der Waals surface area (Å²) in [7, 11) is 0. The van der Waals surface area contributed by atoms with Crippen molar-refractivity contribution in [1.29, 1.82) is 0 Å². The van der Waals surface area contributed by atoms with Gasteiger partial charge >= 0.3 is 0 Å². The van der Waals surface area contributed by atoms with E-state index in [1.165, 1.54) is 5.56 Å². The van der Waals surface area contributed by atoms with Crippen molar-refractivity contribution >= 4 is 0 Å². The van der Waals surface area contributed by atoms with Gasteiger partial charge in [0.05, 0.1) is 38.6 Å². The normalized spacial score (nSPS) is 21.3. The molecule has 1 fully saturated rings. The number of ether oxygens (including phenoxy) is 3. The highest BCUT2D eigenvalue weighted by molar-refractivity contribution is 5.17. The van der Waals surface area contributed by atoms with Crippen LogP contribution in [0.25, 0.3) is 0 Å². The molecule has 5 rings (SSSR count). The molecule has 0 amide bonds. The van der Waals surface area contributed by atoms with E-state index in [0.29, 0.717) is 26.4 Å². The topological polar surface area (TPSA) is 51.2 Å². The molecule has 4 aromatic rings. The minimum atomic E-state index is -0.376. The van der Waals surface area contributed by atoms with Crippen molar-refractivity contribution < 1.29 is 19.3 Å². The Morgan fingerprint density at radius 1 is 0.550 bits per heavy atom. The van der Waals surface area contributed by atoms with Crippen molar-refractivity contribution in [1.82, 2.24) is 4.90 Å². The number of aliphatic hydroxyl groups is 1. The number of rotatable bonds is 13. The standard InChI is InChI=1S/C35H39NO4/c37-24-32-34(39-26-30-17-9-3-10-18-30)35(40-27-31-19-11-4-12-20-31)33(38-25-29-15-7-2-8-16-29)23-36(32)22-21-28-13-5-1-6-14-28/h1-20,32-35,37H,21-27H2/t32-,33+,34-,35-/m1/s1. The lowest BCUT2D eigenvalue weighted by molar-refractivity contribution is -0.207. The smallest absolute Gasteiger partial charge is 0.113 e. The summed E-state index contributed by atoms with van der Waals surface area (Å²) < 4.78 is 19.9. The fourth-order valence-corrected chi connectivity index (χ4v) is 5.37. The summed E-state index contributed by atoms with van der Waals surface area (Å²) in [5.41, 5.74) is 4.57. The molecule has 0 bridgehead atoms. The van der Waals surface area contributed by atoms with E-state index in [9.17, 15) is 5.11 Å². The van der Waals surface area contributed by atoms with Crippen molar-refractivity contribution in [3.05, 3.63) is 144 Å². The minimum Gasteiger partial charge on any atom is -0.395 e. The molecule has 0 spiro atoms. The maximum absolute atomic E-state index is 10.7. The van der Waals surface area contributed by atoms with Gasteiger partial charge < -0.3 is 19.3 Å². The molecule has 1 aliphatic heterocycles. The number of nitrogens with zero attached hydrogens (tertiary/aromatic N) is 1. The van der Waals surface area contributed by atoms with Crippen molar-refractivity contribution in [2.45, 2.75) is 50.6 Å². The highest BCUT2D eigenvalue weighted by Gasteiger charge is 2.45. The average molecular weight is 538 g/mol. The second-order valence-corrected chi connectivity index (χ2v) is 10.3. The third-order valence-corrected chi connectivity index (χ3v) is 7.55. The van der Waals surface area contributed by atoms with Gasteiger partial charge in [-0.15, -0.1) is 0 Å². The first-order valence-electron chi connectivity index (χ1n) is 14.2. The molecule has 5 nitrogen and oxygen atoms in total. The highest BCUT2D eigenvalue weighted by atomic mass is 16.6. The number of likely N-dealkylation sites (tertiary alicyclic amines) is 1. The summed E-state index contributed by atoms with van der Waals surface area (Å²) in [4.78, 5) is 2.32. The molecular formula is C35H39NO4. The number of hydrogen-bond acceptors (Lipinski definition) is 5. The third-order valence-electron chi connectivity index (χ3n) is 7.55. The van der Waals surface area contributed by atoms with Crippen LogP contribution in [-0.4, -0.2) is 54.1 Å². The van der Waals surface area contributed by atoms with E-state index < -0.39 is 0 Å². The molecule has 0 saturated carbocycles. The van der Waals surface area contributed by atoms with Gasteiger partial charge in [0.15, 0.2) is 0 Å². The Morgan fingerprint density at radius 3 is 1.45 bits per heavy atom. The summed E-state index contributed by atoms with van der Waals surface area (Å²) in [6, 6.07) is 40.8. The van der Waals surface area contributed by atoms with Crippen LogP contribution in [0.5, 0.6) is 0 Å². The van der Waals surface area contributed by atoms with Crippen LogP contribution in [0, 0.1) is 0 Å². The lowest BCUT2D eigenvalue weighted by atomic mass is 9.92. The molecule has 4 aromatic carbocycles. The zero-order valence-corrected chi connectivity index (χ0v) is 22.9. The Morgan fingerprint density at radius 2 is 0.975 bits per heavy atom. The van der Waals surface area contributed by atoms with Gasteiger partial charge in [-0.05, 0) is 28.7 Å². The van der Waals surface area contributed by atoms with E-state index in [-0.39, 0.29) is 31.0 Å². The van der Waals surface area contributed by atoms with E-state index in [0.717, 1.165) is 29.7 Å². The SMILES string of the molecule is OC[C@@H]1[C@@H](OCc2ccccc2)[C@H](OCc2ccccc2)[C@@H](OCc2ccccc2)CN1CCc1ccccc1. The first-order chi connectivity index (χ1) is 19.8. The summed E-state index contributed by atoms with van der Waals surface area (Å²) in [6.45, 7) is 2.78. The second kappa shape index (κ2) is 14.9. The van der Waals surface area contributed by atoms with Gasteiger partial charge in [0.25, 0.3) is 0 Å². The van der Waals surface area contributed by atoms with Gasteiger partial charge in [0.2, 0.25) is 0 Å². The molecule has 4 atom stereocenters. The predicted molar refractivity (Wildman–Crippen MR) is 158 cm³/mol. The summed E-state index contributed by atoms with van der Waals surface area (Å²) in [6.07, 6.45) is -0.0795. The molecule has 40 heavy (non-hydrogen) atoms. The van der Waals surface area contributed by atoms with Gasteiger partial charge in [-0.3, -0.25) is 4.90 Å². The van der Waals surface area contributed by atoms with E-state index in [1.54, 1.807) is 0 Å². The van der Waals surface area contributed by atoms with Crippen molar-refractivity contribution in [2.24, 2.45) is 0 Å². The van der Waals surface area contributed by atoms with Crippen LogP contribution < -0.4 is 0 Å². The minimum absolute atomic E-state index is 0.0230. The predicted octanol–water partition coefficient (Wildman–Crippen LogP) is 5.66. The van der Waals surface area contributed by atoms with Crippen molar-refractivity contribution in [2.75, 3.05) is 19.7 Å². The van der Waals surface area contributed by atoms with Crippen molar-refractivity contribution in [3.63, 3.8) is 0 Å². The van der Waals surface area contributed by atoms with Crippen LogP contribution in [-0.2, 0) is 40.5 Å². The Hall–Kier alpha value is -3.32. The number of aliphatic hydroxyl groups excluding tert-OH is 1. The fourth-order valence-electron chi connectivity index (χ4n) is 5.37. The molecule has 208 valence electrons. The first kappa shape index (κ1) is 28.2. The summed E-state index contributed by atoms with van der Waals surface area (Å²) in [5.74, 6) is 0. The molecule has 1 aliphatic rings. The van der Waals surface area contributed by atoms with Gasteiger partial charge in [-0.1, -0.05) is 121 Å². The molecule has 1 N–H and O–H groups in total. The number of piperidine rings is 1. The zero-order chi connectivity index (χ0) is 27.4. The van der Waals surface area contributed by atoms with Crippen LogP contribution >= 0.6 is 0 Å². The Bertz CT molecular complexity index is 1240. The summed E-state index contributed by atoms with van der Waals surface area (Å²) >= 11 is 0. The molecule has 1 heterocycles. The van der Waals surface area contributed by atoms with Crippen LogP contribution in [0.3, 0.4) is 0 Å². The van der Waals surface area contributed by atoms with Crippen LogP contribution in [0.4, 0.5) is 0 Å². The molecule has 0 unspecified atom stereocenters. The molecular weight excluding hydrogens is 498 g/mol. The molecule has 0 aromatic heterocycles. The lowest BCUT2D eigenvalue weighted by Gasteiger charge is -2.48. The van der Waals surface area contributed by atoms with Crippen molar-refractivity contribution in [3.8, 4) is 0 Å². The van der Waals surface area contributed by atoms with Crippen LogP contribution in [0.15, 0.2) is 121 Å². The Balaban J connectivity index is 1.40. The highest BCUT2D eigenvalue weighted by Crippen LogP contribution is 2.29. The second-order valence-electron chi connectivity index (χ2n) is 10.3. The number of benzene rings is 4. The Kier molecular flexibility index (Phi) is 10.5. The third kappa shape index (κ3) is 7.87. The quantitative estimate of drug-likeness (QED) is 0.239. The van der Waals surface area contributed by atoms with Gasteiger partial charge in [0.1, 0.15) is 12.2 Å². The summed E-state index contributed by atoms with van der Waals surface area (Å²) in [5, 5.41) is 10.7. The largest absolute Gasteiger partial charge is 0.395 e. The average Bonchev–Trinajstić information content (AvgIpc) is 3.02. The first-order valence-corrected chi connectivity index (χ1v) is 14.2. The monoisotopic (exact) mass is 537 g/mol. The van der Waals surface area contributed by atoms with Gasteiger partial charge in [-0.2, -0.15) is 0 Å². The maximum atomic E-state index is 10.7. The number of hydrogen-bond donors (Lipinski definition) is 1. The van der Waals surface area contributed by atoms with E-state index in [4.69, 9.17) is 14.2 Å². The van der Waals surface area contributed by atoms with E-state index >= 15 is 0 Å². The molecule has 1 saturated heterocycles. The molecule has 0 aliphatic carbocycles. The van der Waals surface area contributed by atoms with Crippen LogP contribution in [0.2, 0.25) is 0 Å².